The number of aromatic nitrogens is 1. The molecule has 0 aliphatic rings. The van der Waals surface area contributed by atoms with Crippen molar-refractivity contribution in [3.05, 3.63) is 89.7 Å². The normalized spacial score (nSPS) is 10.1. The Morgan fingerprint density at radius 1 is 1.11 bits per heavy atom. The molecule has 5 nitrogen and oxygen atoms in total. The molecule has 3 rings (SSSR count). The molecule has 2 aromatic carbocycles. The van der Waals surface area contributed by atoms with Crippen LogP contribution in [-0.2, 0) is 6.54 Å². The molecule has 27 heavy (non-hydrogen) atoms. The fraction of sp³-hybridized carbons (Fsp3) is 0.136. The van der Waals surface area contributed by atoms with E-state index in [1.165, 1.54) is 5.56 Å². The van der Waals surface area contributed by atoms with Crippen LogP contribution in [0.3, 0.4) is 0 Å². The van der Waals surface area contributed by atoms with Crippen molar-refractivity contribution in [2.75, 3.05) is 16.8 Å². The van der Waals surface area contributed by atoms with Crippen molar-refractivity contribution >= 4 is 17.3 Å². The average Bonchev–Trinajstić information content (AvgIpc) is 2.73. The lowest BCUT2D eigenvalue weighted by atomic mass is 10.2. The second-order valence-electron chi connectivity index (χ2n) is 6.05. The molecule has 1 heterocycles. The third-order valence-corrected chi connectivity index (χ3v) is 4.19. The first kappa shape index (κ1) is 18.2. The number of rotatable bonds is 6. The summed E-state index contributed by atoms with van der Waals surface area (Å²) < 4.78 is 0. The van der Waals surface area contributed by atoms with Gasteiger partial charge in [0.1, 0.15) is 5.69 Å². The fourth-order valence-electron chi connectivity index (χ4n) is 2.79. The Balaban J connectivity index is 1.77. The minimum atomic E-state index is -0.303. The molecule has 0 aliphatic carbocycles. The van der Waals surface area contributed by atoms with Crippen LogP contribution in [0.4, 0.5) is 11.4 Å². The van der Waals surface area contributed by atoms with Gasteiger partial charge in [-0.15, -0.1) is 0 Å². The summed E-state index contributed by atoms with van der Waals surface area (Å²) in [7, 11) is 0. The van der Waals surface area contributed by atoms with Crippen LogP contribution < -0.4 is 10.2 Å². The van der Waals surface area contributed by atoms with Crippen molar-refractivity contribution < 1.29 is 4.79 Å². The molecule has 5 heteroatoms. The number of pyridine rings is 1. The maximum atomic E-state index is 12.6. The monoisotopic (exact) mass is 356 g/mol. The van der Waals surface area contributed by atoms with E-state index in [1.54, 1.807) is 36.5 Å². The molecule has 0 saturated carbocycles. The van der Waals surface area contributed by atoms with Gasteiger partial charge in [-0.2, -0.15) is 5.26 Å². The van der Waals surface area contributed by atoms with Crippen LogP contribution in [-0.4, -0.2) is 17.4 Å². The van der Waals surface area contributed by atoms with Gasteiger partial charge >= 0.3 is 0 Å². The SMILES string of the molecule is CCN(Cc1ccccc1)c1ccnc(C(=O)Nc2cccc(C#N)c2)c1. The third kappa shape index (κ3) is 4.71. The van der Waals surface area contributed by atoms with Crippen LogP contribution in [0.5, 0.6) is 0 Å². The van der Waals surface area contributed by atoms with Gasteiger partial charge in [0, 0.05) is 30.7 Å². The molecule has 0 saturated heterocycles. The second-order valence-corrected chi connectivity index (χ2v) is 6.05. The van der Waals surface area contributed by atoms with Crippen molar-refractivity contribution in [2.24, 2.45) is 0 Å². The number of nitriles is 1. The van der Waals surface area contributed by atoms with Crippen LogP contribution in [0.1, 0.15) is 28.5 Å². The van der Waals surface area contributed by atoms with E-state index >= 15 is 0 Å². The highest BCUT2D eigenvalue weighted by Gasteiger charge is 2.12. The molecule has 0 unspecified atom stereocenters. The van der Waals surface area contributed by atoms with Crippen molar-refractivity contribution in [1.29, 1.82) is 5.26 Å². The molecule has 0 aliphatic heterocycles. The summed E-state index contributed by atoms with van der Waals surface area (Å²) in [4.78, 5) is 18.9. The summed E-state index contributed by atoms with van der Waals surface area (Å²) in [5.74, 6) is -0.303. The Bertz CT molecular complexity index is 963. The molecule has 0 spiro atoms. The minimum Gasteiger partial charge on any atom is -0.367 e. The summed E-state index contributed by atoms with van der Waals surface area (Å²) in [6, 6.07) is 22.8. The van der Waals surface area contributed by atoms with E-state index in [-0.39, 0.29) is 5.91 Å². The van der Waals surface area contributed by atoms with E-state index in [2.05, 4.69) is 40.3 Å². The van der Waals surface area contributed by atoms with Crippen LogP contribution in [0.25, 0.3) is 0 Å². The first-order chi connectivity index (χ1) is 13.2. The van der Waals surface area contributed by atoms with Crippen molar-refractivity contribution in [1.82, 2.24) is 4.98 Å². The lowest BCUT2D eigenvalue weighted by Crippen LogP contribution is -2.23. The molecular weight excluding hydrogens is 336 g/mol. The van der Waals surface area contributed by atoms with Crippen LogP contribution in [0, 0.1) is 11.3 Å². The zero-order chi connectivity index (χ0) is 19.1. The van der Waals surface area contributed by atoms with E-state index in [4.69, 9.17) is 5.26 Å². The summed E-state index contributed by atoms with van der Waals surface area (Å²) in [5.41, 5.74) is 3.54. The van der Waals surface area contributed by atoms with E-state index in [0.29, 0.717) is 16.9 Å². The molecule has 1 aromatic heterocycles. The molecular formula is C22H20N4O. The van der Waals surface area contributed by atoms with Crippen molar-refractivity contribution in [2.45, 2.75) is 13.5 Å². The van der Waals surface area contributed by atoms with Gasteiger partial charge in [0.25, 0.3) is 5.91 Å². The average molecular weight is 356 g/mol. The number of carbonyl (C=O) groups is 1. The number of carbonyl (C=O) groups excluding carboxylic acids is 1. The van der Waals surface area contributed by atoms with Gasteiger partial charge in [0.05, 0.1) is 11.6 Å². The number of amides is 1. The van der Waals surface area contributed by atoms with Gasteiger partial charge in [-0.1, -0.05) is 36.4 Å². The Morgan fingerprint density at radius 3 is 2.67 bits per heavy atom. The fourth-order valence-corrected chi connectivity index (χ4v) is 2.79. The quantitative estimate of drug-likeness (QED) is 0.717. The largest absolute Gasteiger partial charge is 0.367 e. The van der Waals surface area contributed by atoms with Gasteiger partial charge in [0.2, 0.25) is 0 Å². The molecule has 1 amide bonds. The van der Waals surface area contributed by atoms with Crippen molar-refractivity contribution in [3.63, 3.8) is 0 Å². The maximum absolute atomic E-state index is 12.6. The number of nitrogens with one attached hydrogen (secondary N) is 1. The Morgan fingerprint density at radius 2 is 1.93 bits per heavy atom. The van der Waals surface area contributed by atoms with Crippen LogP contribution in [0.2, 0.25) is 0 Å². The predicted molar refractivity (Wildman–Crippen MR) is 107 cm³/mol. The number of nitrogens with zero attached hydrogens (tertiary/aromatic N) is 3. The van der Waals surface area contributed by atoms with Crippen molar-refractivity contribution in [3.8, 4) is 6.07 Å². The molecule has 134 valence electrons. The lowest BCUT2D eigenvalue weighted by Gasteiger charge is -2.23. The smallest absolute Gasteiger partial charge is 0.274 e. The standard InChI is InChI=1S/C22H20N4O/c1-2-26(16-17-7-4-3-5-8-17)20-11-12-24-21(14-20)22(27)25-19-10-6-9-18(13-19)15-23/h3-14H,2,16H2,1H3,(H,25,27). The highest BCUT2D eigenvalue weighted by molar-refractivity contribution is 6.03. The Hall–Kier alpha value is -3.65. The lowest BCUT2D eigenvalue weighted by molar-refractivity contribution is 0.102. The first-order valence-electron chi connectivity index (χ1n) is 8.76. The topological polar surface area (TPSA) is 69.0 Å². The van der Waals surface area contributed by atoms with Gasteiger partial charge in [-0.05, 0) is 42.8 Å². The molecule has 0 bridgehead atoms. The van der Waals surface area contributed by atoms with Gasteiger partial charge in [-0.3, -0.25) is 9.78 Å². The summed E-state index contributed by atoms with van der Waals surface area (Å²) in [5, 5.41) is 11.8. The van der Waals surface area contributed by atoms with Crippen LogP contribution >= 0.6 is 0 Å². The summed E-state index contributed by atoms with van der Waals surface area (Å²) in [6.07, 6.45) is 1.64. The predicted octanol–water partition coefficient (Wildman–Crippen LogP) is 4.23. The molecule has 3 aromatic rings. The highest BCUT2D eigenvalue weighted by atomic mass is 16.1. The molecule has 0 radical (unpaired) electrons. The summed E-state index contributed by atoms with van der Waals surface area (Å²) >= 11 is 0. The Labute approximate surface area is 158 Å². The summed E-state index contributed by atoms with van der Waals surface area (Å²) in [6.45, 7) is 3.65. The number of hydrogen-bond acceptors (Lipinski definition) is 4. The maximum Gasteiger partial charge on any atom is 0.274 e. The molecule has 0 atom stereocenters. The van der Waals surface area contributed by atoms with Crippen LogP contribution in [0.15, 0.2) is 72.9 Å². The number of benzene rings is 2. The van der Waals surface area contributed by atoms with Gasteiger partial charge in [-0.25, -0.2) is 0 Å². The number of hydrogen-bond donors (Lipinski definition) is 1. The zero-order valence-corrected chi connectivity index (χ0v) is 15.1. The molecule has 0 fully saturated rings. The first-order valence-corrected chi connectivity index (χ1v) is 8.76. The third-order valence-electron chi connectivity index (χ3n) is 4.19. The van der Waals surface area contributed by atoms with E-state index in [1.807, 2.05) is 24.3 Å². The highest BCUT2D eigenvalue weighted by Crippen LogP contribution is 2.18. The van der Waals surface area contributed by atoms with Gasteiger partial charge in [0.15, 0.2) is 0 Å². The van der Waals surface area contributed by atoms with E-state index < -0.39 is 0 Å². The van der Waals surface area contributed by atoms with Gasteiger partial charge < -0.3 is 10.2 Å². The Kier molecular flexibility index (Phi) is 5.80. The minimum absolute atomic E-state index is 0.303. The van der Waals surface area contributed by atoms with E-state index in [9.17, 15) is 4.79 Å². The zero-order valence-electron chi connectivity index (χ0n) is 15.1. The second kappa shape index (κ2) is 8.63. The number of anilines is 2. The molecule has 1 N–H and O–H groups in total. The van der Waals surface area contributed by atoms with E-state index in [0.717, 1.165) is 18.8 Å².